The third kappa shape index (κ3) is 4.27. The number of carbonyl (C=O) groups excluding carboxylic acids is 1. The lowest BCUT2D eigenvalue weighted by molar-refractivity contribution is -0.120. The maximum absolute atomic E-state index is 13.5. The summed E-state index contributed by atoms with van der Waals surface area (Å²) in [6.45, 7) is 2.54. The molecule has 0 aliphatic rings. The van der Waals surface area contributed by atoms with Crippen LogP contribution in [0.4, 0.5) is 4.39 Å². The summed E-state index contributed by atoms with van der Waals surface area (Å²) in [6.07, 6.45) is 0.831. The number of halogens is 1. The second kappa shape index (κ2) is 7.68. The molecule has 0 saturated carbocycles. The van der Waals surface area contributed by atoms with Crippen molar-refractivity contribution in [3.05, 3.63) is 63.0 Å². The Balaban J connectivity index is 1.49. The average molecular weight is 360 g/mol. The Morgan fingerprint density at radius 2 is 2.08 bits per heavy atom. The van der Waals surface area contributed by atoms with Crippen molar-refractivity contribution >= 4 is 28.6 Å². The van der Waals surface area contributed by atoms with Crippen molar-refractivity contribution in [3.8, 4) is 10.6 Å². The van der Waals surface area contributed by atoms with E-state index in [9.17, 15) is 9.18 Å². The van der Waals surface area contributed by atoms with E-state index < -0.39 is 0 Å². The molecule has 0 atom stereocenters. The summed E-state index contributed by atoms with van der Waals surface area (Å²) in [5.41, 5.74) is 1.43. The third-order valence-electron chi connectivity index (χ3n) is 3.54. The fourth-order valence-electron chi connectivity index (χ4n) is 2.33. The monoisotopic (exact) mass is 360 g/mol. The second-order valence-corrected chi connectivity index (χ2v) is 7.62. The van der Waals surface area contributed by atoms with E-state index in [1.165, 1.54) is 10.9 Å². The van der Waals surface area contributed by atoms with Gasteiger partial charge in [0.1, 0.15) is 5.82 Å². The van der Waals surface area contributed by atoms with Gasteiger partial charge in [-0.3, -0.25) is 4.79 Å². The molecule has 0 unspecified atom stereocenters. The van der Waals surface area contributed by atoms with E-state index in [1.807, 2.05) is 6.92 Å². The van der Waals surface area contributed by atoms with Crippen LogP contribution in [-0.4, -0.2) is 17.4 Å². The van der Waals surface area contributed by atoms with Crippen LogP contribution in [0.1, 0.15) is 15.4 Å². The number of aryl methyl sites for hydroxylation is 1. The molecule has 1 N–H and O–H groups in total. The summed E-state index contributed by atoms with van der Waals surface area (Å²) in [4.78, 5) is 18.7. The minimum absolute atomic E-state index is 0.0699. The average Bonchev–Trinajstić information content (AvgIpc) is 3.18. The summed E-state index contributed by atoms with van der Waals surface area (Å²) in [5, 5.41) is 5.96. The number of thiophene rings is 1. The predicted octanol–water partition coefficient (Wildman–Crippen LogP) is 4.22. The van der Waals surface area contributed by atoms with E-state index in [4.69, 9.17) is 0 Å². The molecule has 0 aliphatic carbocycles. The van der Waals surface area contributed by atoms with E-state index in [-0.39, 0.29) is 18.1 Å². The highest BCUT2D eigenvalue weighted by atomic mass is 32.1. The second-order valence-electron chi connectivity index (χ2n) is 5.39. The van der Waals surface area contributed by atoms with Crippen LogP contribution in [0.15, 0.2) is 41.8 Å². The Hall–Kier alpha value is -2.05. The van der Waals surface area contributed by atoms with E-state index >= 15 is 0 Å². The van der Waals surface area contributed by atoms with Gasteiger partial charge in [-0.2, -0.15) is 0 Å². The van der Waals surface area contributed by atoms with Crippen molar-refractivity contribution in [2.45, 2.75) is 19.8 Å². The number of aromatic nitrogens is 1. The molecule has 3 aromatic rings. The molecular formula is C18H17FN2OS2. The lowest BCUT2D eigenvalue weighted by Crippen LogP contribution is -2.27. The molecule has 0 bridgehead atoms. The number of rotatable bonds is 6. The van der Waals surface area contributed by atoms with Crippen LogP contribution in [0, 0.1) is 12.7 Å². The molecule has 2 heterocycles. The number of thiazole rings is 1. The van der Waals surface area contributed by atoms with E-state index in [0.717, 1.165) is 22.0 Å². The van der Waals surface area contributed by atoms with Crippen LogP contribution in [-0.2, 0) is 17.6 Å². The number of hydrogen-bond acceptors (Lipinski definition) is 4. The van der Waals surface area contributed by atoms with Crippen LogP contribution in [0.3, 0.4) is 0 Å². The van der Waals surface area contributed by atoms with Gasteiger partial charge in [-0.05, 0) is 37.1 Å². The highest BCUT2D eigenvalue weighted by molar-refractivity contribution is 7.16. The van der Waals surface area contributed by atoms with E-state index in [0.29, 0.717) is 12.1 Å². The molecule has 124 valence electrons. The Labute approximate surface area is 148 Å². The molecule has 3 nitrogen and oxygen atoms in total. The molecule has 0 aliphatic heterocycles. The summed E-state index contributed by atoms with van der Waals surface area (Å²) >= 11 is 3.33. The molecule has 0 fully saturated rings. The third-order valence-corrected chi connectivity index (χ3v) is 5.48. The molecule has 0 radical (unpaired) electrons. The van der Waals surface area contributed by atoms with Gasteiger partial charge < -0.3 is 5.32 Å². The Morgan fingerprint density at radius 1 is 1.25 bits per heavy atom. The maximum atomic E-state index is 13.5. The van der Waals surface area contributed by atoms with E-state index in [2.05, 4.69) is 27.8 Å². The van der Waals surface area contributed by atoms with Gasteiger partial charge in [0.05, 0.1) is 22.0 Å². The first-order valence-corrected chi connectivity index (χ1v) is 9.33. The smallest absolute Gasteiger partial charge is 0.224 e. The Morgan fingerprint density at radius 3 is 2.83 bits per heavy atom. The SMILES string of the molecule is Cc1nc(-c2ccc(CCNC(=O)Cc3ccccc3F)s2)cs1. The zero-order valence-corrected chi connectivity index (χ0v) is 14.8. The largest absolute Gasteiger partial charge is 0.355 e. The first-order valence-electron chi connectivity index (χ1n) is 7.63. The molecule has 6 heteroatoms. The van der Waals surface area contributed by atoms with Crippen molar-refractivity contribution < 1.29 is 9.18 Å². The van der Waals surface area contributed by atoms with Crippen LogP contribution in [0.25, 0.3) is 10.6 Å². The van der Waals surface area contributed by atoms with Gasteiger partial charge in [-0.1, -0.05) is 18.2 Å². The summed E-state index contributed by atoms with van der Waals surface area (Å²) in [6, 6.07) is 10.5. The molecule has 1 aromatic carbocycles. The number of nitrogens with zero attached hydrogens (tertiary/aromatic N) is 1. The van der Waals surface area contributed by atoms with Gasteiger partial charge in [0.2, 0.25) is 5.91 Å². The number of amides is 1. The van der Waals surface area contributed by atoms with Crippen molar-refractivity contribution in [1.29, 1.82) is 0 Å². The normalized spacial score (nSPS) is 10.8. The molecule has 2 aromatic heterocycles. The Bertz CT molecular complexity index is 841. The molecular weight excluding hydrogens is 343 g/mol. The van der Waals surface area contributed by atoms with Gasteiger partial charge in [0.25, 0.3) is 0 Å². The van der Waals surface area contributed by atoms with Crippen LogP contribution in [0.5, 0.6) is 0 Å². The number of carbonyl (C=O) groups is 1. The van der Waals surface area contributed by atoms with Crippen molar-refractivity contribution in [2.24, 2.45) is 0 Å². The fourth-order valence-corrected chi connectivity index (χ4v) is 3.98. The minimum Gasteiger partial charge on any atom is -0.355 e. The maximum Gasteiger partial charge on any atom is 0.224 e. The number of nitrogens with one attached hydrogen (secondary N) is 1. The first kappa shape index (κ1) is 16.8. The van der Waals surface area contributed by atoms with Gasteiger partial charge in [0.15, 0.2) is 0 Å². The quantitative estimate of drug-likeness (QED) is 0.715. The van der Waals surface area contributed by atoms with Crippen LogP contribution < -0.4 is 5.32 Å². The lowest BCUT2D eigenvalue weighted by atomic mass is 10.1. The summed E-state index contributed by atoms with van der Waals surface area (Å²) in [5.74, 6) is -0.499. The van der Waals surface area contributed by atoms with Gasteiger partial charge in [-0.15, -0.1) is 22.7 Å². The zero-order chi connectivity index (χ0) is 16.9. The standard InChI is InChI=1S/C18H17FN2OS2/c1-12-21-16(11-23-12)17-7-6-14(24-17)8-9-20-18(22)10-13-4-2-3-5-15(13)19/h2-7,11H,8-10H2,1H3,(H,20,22). The van der Waals surface area contributed by atoms with Gasteiger partial charge in [0, 0.05) is 16.8 Å². The predicted molar refractivity (Wildman–Crippen MR) is 97.0 cm³/mol. The number of benzene rings is 1. The summed E-state index contributed by atoms with van der Waals surface area (Å²) < 4.78 is 13.5. The van der Waals surface area contributed by atoms with E-state index in [1.54, 1.807) is 40.9 Å². The van der Waals surface area contributed by atoms with Crippen molar-refractivity contribution in [2.75, 3.05) is 6.54 Å². The van der Waals surface area contributed by atoms with Gasteiger partial charge in [-0.25, -0.2) is 9.37 Å². The molecule has 1 amide bonds. The Kier molecular flexibility index (Phi) is 5.37. The topological polar surface area (TPSA) is 42.0 Å². The van der Waals surface area contributed by atoms with Crippen LogP contribution in [0.2, 0.25) is 0 Å². The summed E-state index contributed by atoms with van der Waals surface area (Å²) in [7, 11) is 0. The van der Waals surface area contributed by atoms with Crippen molar-refractivity contribution in [1.82, 2.24) is 10.3 Å². The molecule has 24 heavy (non-hydrogen) atoms. The minimum atomic E-state index is -0.339. The molecule has 0 spiro atoms. The lowest BCUT2D eigenvalue weighted by Gasteiger charge is -2.05. The van der Waals surface area contributed by atoms with Gasteiger partial charge >= 0.3 is 0 Å². The first-order chi connectivity index (χ1) is 11.6. The number of hydrogen-bond donors (Lipinski definition) is 1. The van der Waals surface area contributed by atoms with Crippen molar-refractivity contribution in [3.63, 3.8) is 0 Å². The highest BCUT2D eigenvalue weighted by Crippen LogP contribution is 2.29. The fraction of sp³-hybridized carbons (Fsp3) is 0.222. The van der Waals surface area contributed by atoms with Crippen LogP contribution >= 0.6 is 22.7 Å². The molecule has 0 saturated heterocycles. The highest BCUT2D eigenvalue weighted by Gasteiger charge is 2.09. The zero-order valence-electron chi connectivity index (χ0n) is 13.2. The molecule has 3 rings (SSSR count).